The summed E-state index contributed by atoms with van der Waals surface area (Å²) in [6, 6.07) is 6.78. The van der Waals surface area contributed by atoms with Gasteiger partial charge in [0.1, 0.15) is 5.78 Å². The number of carbonyl (C=O) groups is 1. The van der Waals surface area contributed by atoms with Crippen molar-refractivity contribution >= 4 is 15.8 Å². The first-order chi connectivity index (χ1) is 8.53. The summed E-state index contributed by atoms with van der Waals surface area (Å²) in [4.78, 5) is 11.7. The Labute approximate surface area is 107 Å². The Bertz CT molecular complexity index is 547. The molecule has 0 unspecified atom stereocenters. The molecule has 1 aromatic rings. The van der Waals surface area contributed by atoms with Crippen molar-refractivity contribution in [2.75, 3.05) is 0 Å². The summed E-state index contributed by atoms with van der Waals surface area (Å²) < 4.78 is 26.9. The molecule has 1 aliphatic rings. The number of hydrogen-bond donors (Lipinski definition) is 1. The van der Waals surface area contributed by atoms with E-state index < -0.39 is 10.0 Å². The Morgan fingerprint density at radius 2 is 2.00 bits per heavy atom. The van der Waals surface area contributed by atoms with Gasteiger partial charge in [0, 0.05) is 18.9 Å². The maximum absolute atomic E-state index is 12.2. The quantitative estimate of drug-likeness (QED) is 0.852. The second-order valence-corrected chi connectivity index (χ2v) is 6.25. The highest BCUT2D eigenvalue weighted by Crippen LogP contribution is 2.24. The van der Waals surface area contributed by atoms with E-state index in [2.05, 4.69) is 4.72 Å². The van der Waals surface area contributed by atoms with E-state index in [0.717, 1.165) is 12.8 Å². The second-order valence-electron chi connectivity index (χ2n) is 4.57. The van der Waals surface area contributed by atoms with Gasteiger partial charge in [-0.25, -0.2) is 13.1 Å². The van der Waals surface area contributed by atoms with Crippen LogP contribution < -0.4 is 4.72 Å². The van der Waals surface area contributed by atoms with E-state index in [0.29, 0.717) is 12.0 Å². The fourth-order valence-corrected chi connectivity index (χ4v) is 3.28. The van der Waals surface area contributed by atoms with Crippen molar-refractivity contribution < 1.29 is 13.2 Å². The van der Waals surface area contributed by atoms with E-state index in [9.17, 15) is 13.2 Å². The first kappa shape index (κ1) is 13.2. The monoisotopic (exact) mass is 267 g/mol. The van der Waals surface area contributed by atoms with Gasteiger partial charge in [0.2, 0.25) is 10.0 Å². The molecule has 0 heterocycles. The zero-order chi connectivity index (χ0) is 13.2. The Morgan fingerprint density at radius 1 is 1.33 bits per heavy atom. The minimum absolute atomic E-state index is 0.0454. The van der Waals surface area contributed by atoms with Crippen LogP contribution in [0.4, 0.5) is 0 Å². The zero-order valence-corrected chi connectivity index (χ0v) is 11.2. The molecule has 2 rings (SSSR count). The highest BCUT2D eigenvalue weighted by molar-refractivity contribution is 7.89. The van der Waals surface area contributed by atoms with E-state index in [1.807, 2.05) is 0 Å². The van der Waals surface area contributed by atoms with Gasteiger partial charge in [0.15, 0.2) is 0 Å². The van der Waals surface area contributed by atoms with Gasteiger partial charge in [0.25, 0.3) is 0 Å². The van der Waals surface area contributed by atoms with Crippen LogP contribution in [0.1, 0.15) is 31.7 Å². The maximum Gasteiger partial charge on any atom is 0.241 e. The lowest BCUT2D eigenvalue weighted by atomic mass is 10.1. The lowest BCUT2D eigenvalue weighted by Crippen LogP contribution is -2.27. The molecule has 0 atom stereocenters. The largest absolute Gasteiger partial charge is 0.299 e. The summed E-state index contributed by atoms with van der Waals surface area (Å²) in [6.45, 7) is 1.78. The molecule has 1 fully saturated rings. The third kappa shape index (κ3) is 3.17. The molecule has 1 N–H and O–H groups in total. The first-order valence-corrected chi connectivity index (χ1v) is 7.63. The van der Waals surface area contributed by atoms with Crippen molar-refractivity contribution in [3.63, 3.8) is 0 Å². The van der Waals surface area contributed by atoms with Crippen LogP contribution in [0.2, 0.25) is 0 Å². The number of hydrogen-bond acceptors (Lipinski definition) is 3. The van der Waals surface area contributed by atoms with Crippen molar-refractivity contribution in [3.05, 3.63) is 29.8 Å². The summed E-state index contributed by atoms with van der Waals surface area (Å²) in [5.41, 5.74) is 0.581. The highest BCUT2D eigenvalue weighted by Gasteiger charge is 2.29. The van der Waals surface area contributed by atoms with Crippen LogP contribution in [0.5, 0.6) is 0 Å². The Kier molecular flexibility index (Phi) is 3.82. The van der Waals surface area contributed by atoms with E-state index in [4.69, 9.17) is 0 Å². The minimum Gasteiger partial charge on any atom is -0.299 e. The Morgan fingerprint density at radius 3 is 2.61 bits per heavy atom. The summed E-state index contributed by atoms with van der Waals surface area (Å²) in [7, 11) is -3.48. The summed E-state index contributed by atoms with van der Waals surface area (Å²) in [5, 5.41) is 0. The van der Waals surface area contributed by atoms with E-state index >= 15 is 0 Å². The number of sulfonamides is 1. The molecule has 5 heteroatoms. The predicted octanol–water partition coefficient (Wildman–Crippen LogP) is 1.65. The Balaban J connectivity index is 2.28. The van der Waals surface area contributed by atoms with Gasteiger partial charge in [-0.3, -0.25) is 4.79 Å². The summed E-state index contributed by atoms with van der Waals surface area (Å²) in [6.07, 6.45) is 2.40. The lowest BCUT2D eigenvalue weighted by Gasteiger charge is -2.10. The fraction of sp³-hybridized carbons (Fsp3) is 0.462. The van der Waals surface area contributed by atoms with Crippen molar-refractivity contribution in [1.82, 2.24) is 4.72 Å². The van der Waals surface area contributed by atoms with Gasteiger partial charge in [-0.05, 0) is 24.5 Å². The third-order valence-electron chi connectivity index (χ3n) is 2.94. The molecule has 98 valence electrons. The molecule has 1 aromatic carbocycles. The normalized spacial score (nSPS) is 15.6. The van der Waals surface area contributed by atoms with Crippen LogP contribution in [-0.2, 0) is 21.2 Å². The molecular formula is C13H17NO3S. The molecule has 0 radical (unpaired) electrons. The number of Topliss-reactive ketones (excluding diaryl/α,β-unsaturated/α-hetero) is 1. The lowest BCUT2D eigenvalue weighted by molar-refractivity contribution is -0.118. The molecule has 1 aliphatic carbocycles. The van der Waals surface area contributed by atoms with E-state index in [1.54, 1.807) is 31.2 Å². The zero-order valence-electron chi connectivity index (χ0n) is 10.3. The number of carbonyl (C=O) groups excluding carboxylic acids is 1. The van der Waals surface area contributed by atoms with Crippen LogP contribution in [-0.4, -0.2) is 20.2 Å². The molecule has 0 bridgehead atoms. The molecule has 1 saturated carbocycles. The van der Waals surface area contributed by atoms with Gasteiger partial charge in [-0.15, -0.1) is 0 Å². The van der Waals surface area contributed by atoms with Gasteiger partial charge in [-0.1, -0.05) is 25.1 Å². The van der Waals surface area contributed by atoms with Crippen molar-refractivity contribution in [2.24, 2.45) is 0 Å². The van der Waals surface area contributed by atoms with Gasteiger partial charge in [-0.2, -0.15) is 0 Å². The van der Waals surface area contributed by atoms with Gasteiger partial charge >= 0.3 is 0 Å². The molecule has 0 saturated heterocycles. The number of benzene rings is 1. The van der Waals surface area contributed by atoms with Crippen LogP contribution in [0.25, 0.3) is 0 Å². The average Bonchev–Trinajstić information content (AvgIpc) is 3.12. The molecule has 0 aromatic heterocycles. The topological polar surface area (TPSA) is 63.2 Å². The standard InChI is InChI=1S/C13H17NO3S/c1-2-12(15)9-10-5-3-4-6-13(10)18(16,17)14-11-7-8-11/h3-6,11,14H,2,7-9H2,1H3. The maximum atomic E-state index is 12.2. The summed E-state index contributed by atoms with van der Waals surface area (Å²) >= 11 is 0. The molecule has 18 heavy (non-hydrogen) atoms. The minimum atomic E-state index is -3.48. The van der Waals surface area contributed by atoms with Gasteiger partial charge in [0.05, 0.1) is 4.90 Å². The fourth-order valence-electron chi connectivity index (χ4n) is 1.73. The second kappa shape index (κ2) is 5.20. The van der Waals surface area contributed by atoms with Crippen LogP contribution in [0.15, 0.2) is 29.2 Å². The SMILES string of the molecule is CCC(=O)Cc1ccccc1S(=O)(=O)NC1CC1. The first-order valence-electron chi connectivity index (χ1n) is 6.15. The predicted molar refractivity (Wildman–Crippen MR) is 68.8 cm³/mol. The molecule has 0 spiro atoms. The Hall–Kier alpha value is -1.20. The van der Waals surface area contributed by atoms with Crippen molar-refractivity contribution in [2.45, 2.75) is 43.5 Å². The van der Waals surface area contributed by atoms with E-state index in [1.165, 1.54) is 0 Å². The van der Waals surface area contributed by atoms with Crippen LogP contribution >= 0.6 is 0 Å². The third-order valence-corrected chi connectivity index (χ3v) is 4.56. The highest BCUT2D eigenvalue weighted by atomic mass is 32.2. The molecule has 0 amide bonds. The van der Waals surface area contributed by atoms with Gasteiger partial charge < -0.3 is 0 Å². The number of ketones is 1. The van der Waals surface area contributed by atoms with Crippen LogP contribution in [0, 0.1) is 0 Å². The summed E-state index contributed by atoms with van der Waals surface area (Å²) in [5.74, 6) is 0.0454. The van der Waals surface area contributed by atoms with E-state index in [-0.39, 0.29) is 23.1 Å². The number of rotatable bonds is 6. The average molecular weight is 267 g/mol. The van der Waals surface area contributed by atoms with Crippen molar-refractivity contribution in [3.8, 4) is 0 Å². The molecule has 4 nitrogen and oxygen atoms in total. The smallest absolute Gasteiger partial charge is 0.241 e. The molecule has 0 aliphatic heterocycles. The number of nitrogens with one attached hydrogen (secondary N) is 1. The molecular weight excluding hydrogens is 250 g/mol. The van der Waals surface area contributed by atoms with Crippen molar-refractivity contribution in [1.29, 1.82) is 0 Å². The van der Waals surface area contributed by atoms with Crippen LogP contribution in [0.3, 0.4) is 0 Å².